The van der Waals surface area contributed by atoms with Crippen molar-refractivity contribution >= 4 is 0 Å². The molecule has 0 saturated carbocycles. The van der Waals surface area contributed by atoms with E-state index in [0.717, 1.165) is 24.3 Å². The van der Waals surface area contributed by atoms with Gasteiger partial charge in [0.2, 0.25) is 0 Å². The molecule has 0 aliphatic heterocycles. The van der Waals surface area contributed by atoms with Gasteiger partial charge in [-0.15, -0.1) is 13.2 Å². The number of ether oxygens (including phenoxy) is 1. The van der Waals surface area contributed by atoms with Crippen molar-refractivity contribution in [2.75, 3.05) is 0 Å². The molecule has 2 aromatic rings. The highest BCUT2D eigenvalue weighted by Crippen LogP contribution is 2.37. The Bertz CT molecular complexity index is 658. The molecule has 1 aromatic heterocycles. The highest BCUT2D eigenvalue weighted by Gasteiger charge is 2.33. The summed E-state index contributed by atoms with van der Waals surface area (Å²) in [5.41, 5.74) is -2.13. The van der Waals surface area contributed by atoms with Crippen molar-refractivity contribution in [2.24, 2.45) is 0 Å². The Morgan fingerprint density at radius 1 is 0.857 bits per heavy atom. The van der Waals surface area contributed by atoms with E-state index in [4.69, 9.17) is 0 Å². The predicted molar refractivity (Wildman–Crippen MR) is 56.2 cm³/mol. The Kier molecular flexibility index (Phi) is 3.75. The summed E-state index contributed by atoms with van der Waals surface area (Å²) < 4.78 is 93.4. The van der Waals surface area contributed by atoms with Crippen LogP contribution in [-0.4, -0.2) is 11.3 Å². The summed E-state index contributed by atoms with van der Waals surface area (Å²) in [6.45, 7) is 0. The molecule has 9 heteroatoms. The molecular formula is C12H4F7NO. The second kappa shape index (κ2) is 5.23. The first-order valence-electron chi connectivity index (χ1n) is 5.26. The molecule has 0 aliphatic rings. The van der Waals surface area contributed by atoms with E-state index in [1.54, 1.807) is 0 Å². The van der Waals surface area contributed by atoms with Crippen molar-refractivity contribution in [1.29, 1.82) is 0 Å². The zero-order chi connectivity index (χ0) is 15.8. The summed E-state index contributed by atoms with van der Waals surface area (Å²) in [4.78, 5) is 2.32. The van der Waals surface area contributed by atoms with Gasteiger partial charge in [-0.2, -0.15) is 13.8 Å². The molecule has 0 unspecified atom stereocenters. The maximum absolute atomic E-state index is 13.6. The van der Waals surface area contributed by atoms with Crippen molar-refractivity contribution in [1.82, 2.24) is 4.98 Å². The third-order valence-electron chi connectivity index (χ3n) is 2.38. The van der Waals surface area contributed by atoms with E-state index in [0.29, 0.717) is 0 Å². The molecule has 0 amide bonds. The van der Waals surface area contributed by atoms with Gasteiger partial charge in [0, 0.05) is 5.56 Å². The van der Waals surface area contributed by atoms with Crippen LogP contribution in [-0.2, 0) is 0 Å². The van der Waals surface area contributed by atoms with E-state index >= 15 is 0 Å². The molecule has 2 nitrogen and oxygen atoms in total. The number of hydrogen-bond acceptors (Lipinski definition) is 2. The fourth-order valence-electron chi connectivity index (χ4n) is 1.61. The van der Waals surface area contributed by atoms with Gasteiger partial charge in [-0.1, -0.05) is 18.2 Å². The van der Waals surface area contributed by atoms with Crippen LogP contribution in [0.3, 0.4) is 0 Å². The number of aromatic nitrogens is 1. The minimum Gasteiger partial charge on any atom is -0.405 e. The maximum atomic E-state index is 13.6. The number of halogens is 7. The van der Waals surface area contributed by atoms with E-state index in [1.165, 1.54) is 0 Å². The van der Waals surface area contributed by atoms with E-state index in [-0.39, 0.29) is 0 Å². The smallest absolute Gasteiger partial charge is 0.405 e. The Balaban J connectivity index is 2.69. The molecule has 1 heterocycles. The SMILES string of the molecule is Fc1nc(F)c(F)c(-c2ccccc2OC(F)(F)F)c1F. The minimum absolute atomic E-state index is 0.748. The van der Waals surface area contributed by atoms with Gasteiger partial charge >= 0.3 is 6.36 Å². The Labute approximate surface area is 112 Å². The van der Waals surface area contributed by atoms with Crippen LogP contribution < -0.4 is 4.74 Å². The first-order valence-corrected chi connectivity index (χ1v) is 5.26. The third-order valence-corrected chi connectivity index (χ3v) is 2.38. The van der Waals surface area contributed by atoms with Gasteiger partial charge < -0.3 is 4.74 Å². The van der Waals surface area contributed by atoms with Gasteiger partial charge in [0.1, 0.15) is 5.75 Å². The summed E-state index contributed by atoms with van der Waals surface area (Å²) >= 11 is 0. The lowest BCUT2D eigenvalue weighted by Crippen LogP contribution is -2.18. The Morgan fingerprint density at radius 2 is 1.38 bits per heavy atom. The number of benzene rings is 1. The van der Waals surface area contributed by atoms with Gasteiger partial charge in [-0.25, -0.2) is 8.78 Å². The zero-order valence-electron chi connectivity index (χ0n) is 9.81. The highest BCUT2D eigenvalue weighted by molar-refractivity contribution is 5.71. The van der Waals surface area contributed by atoms with Gasteiger partial charge in [-0.05, 0) is 6.07 Å². The number of rotatable bonds is 2. The van der Waals surface area contributed by atoms with Crippen LogP contribution in [0.4, 0.5) is 30.7 Å². The fraction of sp³-hybridized carbons (Fsp3) is 0.0833. The number of hydrogen-bond donors (Lipinski definition) is 0. The molecule has 0 atom stereocenters. The van der Waals surface area contributed by atoms with Gasteiger partial charge in [0.05, 0.1) is 5.56 Å². The average Bonchev–Trinajstić information content (AvgIpc) is 2.37. The first-order chi connectivity index (χ1) is 9.70. The molecule has 112 valence electrons. The Morgan fingerprint density at radius 3 is 1.90 bits per heavy atom. The van der Waals surface area contributed by atoms with E-state index < -0.39 is 46.8 Å². The lowest BCUT2D eigenvalue weighted by atomic mass is 10.0. The summed E-state index contributed by atoms with van der Waals surface area (Å²) in [6.07, 6.45) is -5.15. The van der Waals surface area contributed by atoms with E-state index in [1.807, 2.05) is 0 Å². The molecule has 0 spiro atoms. The molecule has 1 aromatic carbocycles. The molecule has 0 radical (unpaired) electrons. The molecule has 0 saturated heterocycles. The van der Waals surface area contributed by atoms with Crippen molar-refractivity contribution in [3.8, 4) is 16.9 Å². The maximum Gasteiger partial charge on any atom is 0.573 e. The molecule has 0 fully saturated rings. The Hall–Kier alpha value is -2.32. The molecule has 21 heavy (non-hydrogen) atoms. The average molecular weight is 311 g/mol. The standard InChI is InChI=1S/C12H4F7NO/c13-8-7(9(14)11(16)20-10(8)15)5-3-1-2-4-6(5)21-12(17,18)19/h1-4H. The fourth-order valence-corrected chi connectivity index (χ4v) is 1.61. The molecule has 2 rings (SSSR count). The van der Waals surface area contributed by atoms with E-state index in [2.05, 4.69) is 9.72 Å². The third kappa shape index (κ3) is 3.06. The van der Waals surface area contributed by atoms with Crippen molar-refractivity contribution in [2.45, 2.75) is 6.36 Å². The second-order valence-electron chi connectivity index (χ2n) is 3.74. The van der Waals surface area contributed by atoms with Crippen molar-refractivity contribution in [3.63, 3.8) is 0 Å². The summed E-state index contributed by atoms with van der Waals surface area (Å²) in [5, 5.41) is 0. The molecular weight excluding hydrogens is 307 g/mol. The second-order valence-corrected chi connectivity index (χ2v) is 3.74. The first kappa shape index (κ1) is 15.1. The monoisotopic (exact) mass is 311 g/mol. The van der Waals surface area contributed by atoms with Crippen LogP contribution in [0.25, 0.3) is 11.1 Å². The number of para-hydroxylation sites is 1. The van der Waals surface area contributed by atoms with Crippen LogP contribution in [0.2, 0.25) is 0 Å². The lowest BCUT2D eigenvalue weighted by Gasteiger charge is -2.14. The van der Waals surface area contributed by atoms with Gasteiger partial charge in [0.25, 0.3) is 11.9 Å². The molecule has 0 bridgehead atoms. The van der Waals surface area contributed by atoms with Gasteiger partial charge in [0.15, 0.2) is 11.6 Å². The quantitative estimate of drug-likeness (QED) is 0.612. The number of nitrogens with zero attached hydrogens (tertiary/aromatic N) is 1. The van der Waals surface area contributed by atoms with Crippen molar-refractivity contribution in [3.05, 3.63) is 47.8 Å². The normalized spacial score (nSPS) is 11.6. The number of pyridine rings is 1. The van der Waals surface area contributed by atoms with Gasteiger partial charge in [-0.3, -0.25) is 0 Å². The zero-order valence-corrected chi connectivity index (χ0v) is 9.81. The molecule has 0 N–H and O–H groups in total. The summed E-state index contributed by atoms with van der Waals surface area (Å²) in [6, 6.07) is 3.78. The topological polar surface area (TPSA) is 22.1 Å². The largest absolute Gasteiger partial charge is 0.573 e. The number of alkyl halides is 3. The lowest BCUT2D eigenvalue weighted by molar-refractivity contribution is -0.274. The summed E-state index contributed by atoms with van der Waals surface area (Å²) in [5.74, 6) is -8.82. The molecule has 0 aliphatic carbocycles. The van der Waals surface area contributed by atoms with Crippen LogP contribution >= 0.6 is 0 Å². The van der Waals surface area contributed by atoms with E-state index in [9.17, 15) is 30.7 Å². The van der Waals surface area contributed by atoms with Crippen LogP contribution in [0.5, 0.6) is 5.75 Å². The van der Waals surface area contributed by atoms with Crippen LogP contribution in [0.1, 0.15) is 0 Å². The minimum atomic E-state index is -5.15. The van der Waals surface area contributed by atoms with Crippen molar-refractivity contribution < 1.29 is 35.5 Å². The predicted octanol–water partition coefficient (Wildman–Crippen LogP) is 4.20. The van der Waals surface area contributed by atoms with Crippen LogP contribution in [0, 0.1) is 23.5 Å². The van der Waals surface area contributed by atoms with Crippen LogP contribution in [0.15, 0.2) is 24.3 Å². The highest BCUT2D eigenvalue weighted by atomic mass is 19.4. The summed E-state index contributed by atoms with van der Waals surface area (Å²) in [7, 11) is 0.